The van der Waals surface area contributed by atoms with E-state index in [0.717, 1.165) is 22.2 Å². The van der Waals surface area contributed by atoms with Gasteiger partial charge in [0.2, 0.25) is 5.13 Å². The van der Waals surface area contributed by atoms with Gasteiger partial charge >= 0.3 is 12.3 Å². The Morgan fingerprint density at radius 2 is 1.80 bits per heavy atom. The average molecular weight is 524 g/mol. The average Bonchev–Trinajstić information content (AvgIpc) is 3.37. The summed E-state index contributed by atoms with van der Waals surface area (Å²) < 4.78 is 54.6. The van der Waals surface area contributed by atoms with E-state index in [2.05, 4.69) is 20.1 Å². The first-order chi connectivity index (χ1) is 16.5. The summed E-state index contributed by atoms with van der Waals surface area (Å²) in [6, 6.07) is 6.22. The van der Waals surface area contributed by atoms with Gasteiger partial charge in [-0.05, 0) is 24.6 Å². The number of hydrogen-bond donors (Lipinski definition) is 0. The number of thiazole rings is 1. The van der Waals surface area contributed by atoms with Gasteiger partial charge in [-0.25, -0.2) is 24.0 Å². The van der Waals surface area contributed by atoms with Crippen molar-refractivity contribution in [1.82, 2.24) is 24.7 Å². The molecule has 0 fully saturated rings. The topological polar surface area (TPSA) is 90.6 Å². The minimum atomic E-state index is -4.51. The summed E-state index contributed by atoms with van der Waals surface area (Å²) in [5.41, 5.74) is 1.62. The molecule has 3 aromatic heterocycles. The van der Waals surface area contributed by atoms with Crippen molar-refractivity contribution < 1.29 is 27.2 Å². The molecule has 0 unspecified atom stereocenters. The lowest BCUT2D eigenvalue weighted by atomic mass is 10.1. The highest BCUT2D eigenvalue weighted by molar-refractivity contribution is 8.01. The minimum absolute atomic E-state index is 0.109. The van der Waals surface area contributed by atoms with Crippen molar-refractivity contribution >= 4 is 29.3 Å². The number of alkyl halides is 3. The predicted molar refractivity (Wildman–Crippen MR) is 121 cm³/mol. The van der Waals surface area contributed by atoms with Crippen molar-refractivity contribution in [1.29, 1.82) is 0 Å². The number of thioether (sulfide) groups is 1. The summed E-state index contributed by atoms with van der Waals surface area (Å²) in [7, 11) is 0. The largest absolute Gasteiger partial charge is 0.419 e. The second-order valence-electron chi connectivity index (χ2n) is 7.26. The second-order valence-corrected chi connectivity index (χ2v) is 10.1. The fraction of sp³-hybridized carbons (Fsp3) is 0.227. The molecule has 3 heterocycles. The van der Waals surface area contributed by atoms with Crippen LogP contribution in [0.1, 0.15) is 25.1 Å². The monoisotopic (exact) mass is 523 g/mol. The fourth-order valence-corrected chi connectivity index (χ4v) is 5.32. The smallest absolute Gasteiger partial charge is 0.235 e. The summed E-state index contributed by atoms with van der Waals surface area (Å²) in [5.74, 6) is -0.237. The molecule has 0 spiro atoms. The van der Waals surface area contributed by atoms with Crippen LogP contribution < -0.4 is 0 Å². The van der Waals surface area contributed by atoms with Gasteiger partial charge in [0.25, 0.3) is 0 Å². The molecule has 0 amide bonds. The van der Waals surface area contributed by atoms with Crippen LogP contribution in [0.15, 0.2) is 47.1 Å². The first kappa shape index (κ1) is 26.2. The van der Waals surface area contributed by atoms with Crippen molar-refractivity contribution in [3.8, 4) is 27.8 Å². The van der Waals surface area contributed by atoms with E-state index in [4.69, 9.17) is 9.59 Å². The molecule has 4 rings (SSSR count). The Bertz CT molecular complexity index is 1340. The Kier molecular flexibility index (Phi) is 8.15. The summed E-state index contributed by atoms with van der Waals surface area (Å²) in [6.45, 7) is 5.82. The quantitative estimate of drug-likeness (QED) is 0.240. The molecule has 0 saturated heterocycles. The van der Waals surface area contributed by atoms with Crippen LogP contribution in [0.4, 0.5) is 17.6 Å². The highest BCUT2D eigenvalue weighted by atomic mass is 32.2. The highest BCUT2D eigenvalue weighted by Crippen LogP contribution is 2.39. The molecule has 35 heavy (non-hydrogen) atoms. The lowest BCUT2D eigenvalue weighted by molar-refractivity contribution is -0.191. The van der Waals surface area contributed by atoms with Crippen molar-refractivity contribution in [2.45, 2.75) is 36.4 Å². The number of hydrogen-bond acceptors (Lipinski definition) is 8. The molecule has 0 saturated carbocycles. The Balaban J connectivity index is 0.00000108. The summed E-state index contributed by atoms with van der Waals surface area (Å²) >= 11 is 2.86. The van der Waals surface area contributed by atoms with Crippen LogP contribution in [0.5, 0.6) is 0 Å². The standard InChI is InChI=1S/C21H17F4N5S2.CO2/c1-11(2)31-19-17(18-26-8-14(9-27-18)21(23,24)25)28-20(32-19)30-10-16(12(3)29-30)13-5-4-6-15(22)7-13;2-1-3/h4-11H,1-3H3;. The Hall–Kier alpha value is -3.41. The molecule has 0 bridgehead atoms. The number of halogens is 4. The third kappa shape index (κ3) is 6.38. The van der Waals surface area contributed by atoms with Gasteiger partial charge in [-0.3, -0.25) is 0 Å². The van der Waals surface area contributed by atoms with Gasteiger partial charge in [-0.2, -0.15) is 27.9 Å². The van der Waals surface area contributed by atoms with Crippen LogP contribution in [0.2, 0.25) is 0 Å². The van der Waals surface area contributed by atoms with E-state index in [-0.39, 0.29) is 23.0 Å². The number of rotatable bonds is 5. The zero-order valence-corrected chi connectivity index (χ0v) is 20.1. The Morgan fingerprint density at radius 3 is 2.37 bits per heavy atom. The molecule has 1 aromatic carbocycles. The van der Waals surface area contributed by atoms with Gasteiger partial charge in [0.1, 0.15) is 11.5 Å². The van der Waals surface area contributed by atoms with E-state index < -0.39 is 11.7 Å². The molecule has 182 valence electrons. The lowest BCUT2D eigenvalue weighted by Crippen LogP contribution is -2.06. The first-order valence-corrected chi connectivity index (χ1v) is 11.6. The summed E-state index contributed by atoms with van der Waals surface area (Å²) in [4.78, 5) is 28.6. The molecule has 0 aliphatic rings. The van der Waals surface area contributed by atoms with Gasteiger partial charge in [0.05, 0.1) is 15.5 Å². The van der Waals surface area contributed by atoms with Crippen LogP contribution >= 0.6 is 23.1 Å². The number of aromatic nitrogens is 5. The van der Waals surface area contributed by atoms with E-state index >= 15 is 0 Å². The van der Waals surface area contributed by atoms with E-state index in [0.29, 0.717) is 22.1 Å². The van der Waals surface area contributed by atoms with Crippen LogP contribution in [0.25, 0.3) is 27.8 Å². The Labute approximate surface area is 205 Å². The first-order valence-electron chi connectivity index (χ1n) is 9.92. The van der Waals surface area contributed by atoms with Gasteiger partial charge < -0.3 is 0 Å². The van der Waals surface area contributed by atoms with Crippen molar-refractivity contribution in [2.24, 2.45) is 0 Å². The van der Waals surface area contributed by atoms with E-state index in [1.54, 1.807) is 23.0 Å². The van der Waals surface area contributed by atoms with E-state index in [1.165, 1.54) is 35.2 Å². The summed E-state index contributed by atoms with van der Waals surface area (Å²) in [5, 5.41) is 5.22. The molecule has 7 nitrogen and oxygen atoms in total. The van der Waals surface area contributed by atoms with Crippen molar-refractivity contribution in [3.63, 3.8) is 0 Å². The third-order valence-corrected chi connectivity index (χ3v) is 6.61. The maximum absolute atomic E-state index is 13.7. The highest BCUT2D eigenvalue weighted by Gasteiger charge is 2.31. The Morgan fingerprint density at radius 1 is 1.14 bits per heavy atom. The number of benzene rings is 1. The van der Waals surface area contributed by atoms with Gasteiger partial charge in [0.15, 0.2) is 5.82 Å². The predicted octanol–water partition coefficient (Wildman–Crippen LogP) is 5.84. The fourth-order valence-electron chi connectivity index (χ4n) is 2.92. The van der Waals surface area contributed by atoms with Crippen LogP contribution in [-0.4, -0.2) is 36.1 Å². The van der Waals surface area contributed by atoms with Gasteiger partial charge in [-0.15, -0.1) is 11.8 Å². The zero-order chi connectivity index (χ0) is 25.8. The third-order valence-electron chi connectivity index (χ3n) is 4.35. The van der Waals surface area contributed by atoms with Crippen LogP contribution in [-0.2, 0) is 15.8 Å². The van der Waals surface area contributed by atoms with E-state index in [1.807, 2.05) is 20.8 Å². The SMILES string of the molecule is Cc1nn(-c2nc(-c3ncc(C(F)(F)F)cn3)c(SC(C)C)s2)cc1-c1cccc(F)c1.O=C=O. The summed E-state index contributed by atoms with van der Waals surface area (Å²) in [6.07, 6.45) is -0.998. The van der Waals surface area contributed by atoms with Gasteiger partial charge in [0, 0.05) is 29.4 Å². The number of nitrogens with zero attached hydrogens (tertiary/aromatic N) is 5. The zero-order valence-electron chi connectivity index (χ0n) is 18.5. The molecule has 0 radical (unpaired) electrons. The second kappa shape index (κ2) is 10.9. The molecule has 0 atom stereocenters. The molecule has 0 aliphatic carbocycles. The number of aryl methyl sites for hydroxylation is 1. The lowest BCUT2D eigenvalue weighted by Gasteiger charge is -2.06. The van der Waals surface area contributed by atoms with Crippen molar-refractivity contribution in [2.75, 3.05) is 0 Å². The minimum Gasteiger partial charge on any atom is -0.235 e. The molecule has 0 N–H and O–H groups in total. The van der Waals surface area contributed by atoms with Crippen LogP contribution in [0.3, 0.4) is 0 Å². The van der Waals surface area contributed by atoms with E-state index in [9.17, 15) is 17.6 Å². The van der Waals surface area contributed by atoms with Crippen molar-refractivity contribution in [3.05, 3.63) is 59.9 Å². The van der Waals surface area contributed by atoms with Gasteiger partial charge in [-0.1, -0.05) is 37.3 Å². The molecule has 0 aliphatic heterocycles. The molecular formula is C22H17F4N5O2S2. The maximum Gasteiger partial charge on any atom is 0.419 e. The molecular weight excluding hydrogens is 506 g/mol. The normalized spacial score (nSPS) is 11.2. The molecule has 13 heteroatoms. The molecule has 4 aromatic rings. The van der Waals surface area contributed by atoms with Crippen LogP contribution in [0, 0.1) is 12.7 Å². The maximum atomic E-state index is 13.7. The number of carbonyl (C=O) groups excluding carboxylic acids is 2.